The molecule has 0 fully saturated rings. The molecular formula is C17H17ClN2OS. The lowest BCUT2D eigenvalue weighted by Gasteiger charge is -2.10. The number of carbonyl (C=O) groups is 1. The number of aryl methyl sites for hydroxylation is 1. The van der Waals surface area contributed by atoms with Crippen molar-refractivity contribution >= 4 is 34.8 Å². The average molecular weight is 333 g/mol. The quantitative estimate of drug-likeness (QED) is 0.843. The van der Waals surface area contributed by atoms with Gasteiger partial charge < -0.3 is 10.6 Å². The number of rotatable bonds is 4. The molecule has 0 heterocycles. The fourth-order valence-electron chi connectivity index (χ4n) is 1.89. The summed E-state index contributed by atoms with van der Waals surface area (Å²) in [5.41, 5.74) is 3.21. The van der Waals surface area contributed by atoms with Crippen LogP contribution in [0.1, 0.15) is 16.7 Å². The molecule has 2 aromatic carbocycles. The number of carbonyl (C=O) groups excluding carboxylic acids is 1. The van der Waals surface area contributed by atoms with Gasteiger partial charge in [0.25, 0.3) is 0 Å². The van der Waals surface area contributed by atoms with E-state index in [1.165, 1.54) is 5.56 Å². The van der Waals surface area contributed by atoms with Gasteiger partial charge in [-0.1, -0.05) is 53.6 Å². The fourth-order valence-corrected chi connectivity index (χ4v) is 2.20. The second-order valence-corrected chi connectivity index (χ2v) is 5.86. The Morgan fingerprint density at radius 1 is 1.05 bits per heavy atom. The molecule has 114 valence electrons. The van der Waals surface area contributed by atoms with Crippen molar-refractivity contribution in [3.63, 3.8) is 0 Å². The van der Waals surface area contributed by atoms with Crippen molar-refractivity contribution < 1.29 is 4.79 Å². The number of amides is 1. The van der Waals surface area contributed by atoms with Crippen molar-refractivity contribution in [2.45, 2.75) is 19.9 Å². The van der Waals surface area contributed by atoms with Gasteiger partial charge >= 0.3 is 0 Å². The summed E-state index contributed by atoms with van der Waals surface area (Å²) in [5.74, 6) is -0.149. The largest absolute Gasteiger partial charge is 0.358 e. The van der Waals surface area contributed by atoms with Crippen molar-refractivity contribution in [2.24, 2.45) is 0 Å². The highest BCUT2D eigenvalue weighted by atomic mass is 35.5. The van der Waals surface area contributed by atoms with Crippen LogP contribution >= 0.6 is 23.8 Å². The highest BCUT2D eigenvalue weighted by Crippen LogP contribution is 2.09. The minimum atomic E-state index is -0.149. The molecular weight excluding hydrogens is 316 g/mol. The predicted molar refractivity (Wildman–Crippen MR) is 93.9 cm³/mol. The molecule has 2 rings (SSSR count). The van der Waals surface area contributed by atoms with Gasteiger partial charge in [-0.2, -0.15) is 0 Å². The third kappa shape index (κ3) is 5.47. The number of halogens is 1. The highest BCUT2D eigenvalue weighted by molar-refractivity contribution is 7.80. The monoisotopic (exact) mass is 332 g/mol. The minimum Gasteiger partial charge on any atom is -0.358 e. The lowest BCUT2D eigenvalue weighted by Crippen LogP contribution is -2.39. The molecule has 3 nitrogen and oxygen atoms in total. The van der Waals surface area contributed by atoms with E-state index in [2.05, 4.69) is 10.6 Å². The Morgan fingerprint density at radius 2 is 1.64 bits per heavy atom. The molecule has 0 saturated heterocycles. The predicted octanol–water partition coefficient (Wildman–Crippen LogP) is 3.38. The van der Waals surface area contributed by atoms with Crippen molar-refractivity contribution in [1.29, 1.82) is 0 Å². The van der Waals surface area contributed by atoms with Crippen LogP contribution in [0.2, 0.25) is 5.02 Å². The van der Waals surface area contributed by atoms with E-state index in [4.69, 9.17) is 23.8 Å². The third-order valence-corrected chi connectivity index (χ3v) is 3.60. The van der Waals surface area contributed by atoms with Crippen molar-refractivity contribution in [3.8, 4) is 0 Å². The molecule has 22 heavy (non-hydrogen) atoms. The molecule has 5 heteroatoms. The van der Waals surface area contributed by atoms with Gasteiger partial charge in [0.1, 0.15) is 0 Å². The Balaban J connectivity index is 1.77. The Hall–Kier alpha value is -1.91. The van der Waals surface area contributed by atoms with Gasteiger partial charge in [-0.05, 0) is 42.4 Å². The zero-order valence-corrected chi connectivity index (χ0v) is 13.8. The molecule has 0 atom stereocenters. The van der Waals surface area contributed by atoms with E-state index in [1.807, 2.05) is 43.3 Å². The van der Waals surface area contributed by atoms with Crippen molar-refractivity contribution in [2.75, 3.05) is 0 Å². The van der Waals surface area contributed by atoms with Crippen LogP contribution in [-0.4, -0.2) is 11.0 Å². The molecule has 0 aromatic heterocycles. The van der Waals surface area contributed by atoms with Crippen molar-refractivity contribution in [3.05, 3.63) is 70.2 Å². The molecule has 0 bridgehead atoms. The van der Waals surface area contributed by atoms with Crippen molar-refractivity contribution in [1.82, 2.24) is 10.6 Å². The number of benzene rings is 2. The first-order chi connectivity index (χ1) is 10.5. The van der Waals surface area contributed by atoms with Crippen LogP contribution in [0, 0.1) is 6.92 Å². The van der Waals surface area contributed by atoms with Crippen LogP contribution in [0.4, 0.5) is 0 Å². The summed E-state index contributed by atoms with van der Waals surface area (Å²) < 4.78 is 0. The first-order valence-corrected chi connectivity index (χ1v) is 7.69. The van der Waals surface area contributed by atoms with E-state index < -0.39 is 0 Å². The molecule has 0 aliphatic rings. The number of hydrogen-bond acceptors (Lipinski definition) is 2. The van der Waals surface area contributed by atoms with Gasteiger partial charge in [-0.25, -0.2) is 0 Å². The standard InChI is InChI=1S/C17H17ClN2OS/c1-12-2-4-14(5-3-12)11-19-17(22)20-16(21)10-13-6-8-15(18)9-7-13/h2-9H,10-11H2,1H3,(H2,19,20,21,22). The molecule has 0 radical (unpaired) electrons. The van der Waals surface area contributed by atoms with Gasteiger partial charge in [0.05, 0.1) is 6.42 Å². The Morgan fingerprint density at radius 3 is 2.27 bits per heavy atom. The Kier molecular flexibility index (Phi) is 5.92. The van der Waals surface area contributed by atoms with Crippen LogP contribution in [0.3, 0.4) is 0 Å². The smallest absolute Gasteiger partial charge is 0.230 e. The van der Waals surface area contributed by atoms with E-state index >= 15 is 0 Å². The first-order valence-electron chi connectivity index (χ1n) is 6.90. The maximum atomic E-state index is 11.9. The van der Waals surface area contributed by atoms with E-state index in [0.717, 1.165) is 11.1 Å². The van der Waals surface area contributed by atoms with Crippen LogP contribution in [-0.2, 0) is 17.8 Å². The lowest BCUT2D eigenvalue weighted by atomic mass is 10.1. The maximum absolute atomic E-state index is 11.9. The van der Waals surface area contributed by atoms with E-state index in [0.29, 0.717) is 16.7 Å². The van der Waals surface area contributed by atoms with Crippen LogP contribution in [0.25, 0.3) is 0 Å². The summed E-state index contributed by atoms with van der Waals surface area (Å²) >= 11 is 10.9. The van der Waals surface area contributed by atoms with E-state index in [9.17, 15) is 4.79 Å². The van der Waals surface area contributed by atoms with Crippen LogP contribution in [0.5, 0.6) is 0 Å². The fraction of sp³-hybridized carbons (Fsp3) is 0.176. The average Bonchev–Trinajstić information content (AvgIpc) is 2.49. The molecule has 2 N–H and O–H groups in total. The lowest BCUT2D eigenvalue weighted by molar-refractivity contribution is -0.119. The first kappa shape index (κ1) is 16.5. The van der Waals surface area contributed by atoms with Gasteiger partial charge in [-0.3, -0.25) is 4.79 Å². The zero-order valence-electron chi connectivity index (χ0n) is 12.2. The zero-order chi connectivity index (χ0) is 15.9. The van der Waals surface area contributed by atoms with Crippen LogP contribution < -0.4 is 10.6 Å². The minimum absolute atomic E-state index is 0.149. The van der Waals surface area contributed by atoms with Gasteiger partial charge in [0, 0.05) is 11.6 Å². The molecule has 1 amide bonds. The summed E-state index contributed by atoms with van der Waals surface area (Å²) in [5, 5.41) is 6.68. The Labute approximate surface area is 140 Å². The number of thiocarbonyl (C=S) groups is 1. The SMILES string of the molecule is Cc1ccc(CNC(=S)NC(=O)Cc2ccc(Cl)cc2)cc1. The summed E-state index contributed by atoms with van der Waals surface area (Å²) in [4.78, 5) is 11.9. The summed E-state index contributed by atoms with van der Waals surface area (Å²) in [6.07, 6.45) is 0.267. The number of hydrogen-bond donors (Lipinski definition) is 2. The van der Waals surface area contributed by atoms with E-state index in [-0.39, 0.29) is 12.3 Å². The Bertz CT molecular complexity index is 653. The second kappa shape index (κ2) is 7.92. The molecule has 2 aromatic rings. The molecule has 0 spiro atoms. The topological polar surface area (TPSA) is 41.1 Å². The molecule has 0 aliphatic carbocycles. The number of nitrogens with one attached hydrogen (secondary N) is 2. The second-order valence-electron chi connectivity index (χ2n) is 5.02. The maximum Gasteiger partial charge on any atom is 0.230 e. The highest BCUT2D eigenvalue weighted by Gasteiger charge is 2.06. The normalized spacial score (nSPS) is 10.1. The molecule has 0 aliphatic heterocycles. The summed E-state index contributed by atoms with van der Waals surface area (Å²) in [6.45, 7) is 2.62. The van der Waals surface area contributed by atoms with Gasteiger partial charge in [0.2, 0.25) is 5.91 Å². The third-order valence-electron chi connectivity index (χ3n) is 3.10. The summed E-state index contributed by atoms with van der Waals surface area (Å²) in [7, 11) is 0. The van der Waals surface area contributed by atoms with Gasteiger partial charge in [-0.15, -0.1) is 0 Å². The van der Waals surface area contributed by atoms with E-state index in [1.54, 1.807) is 12.1 Å². The summed E-state index contributed by atoms with van der Waals surface area (Å²) in [6, 6.07) is 15.3. The molecule has 0 saturated carbocycles. The molecule has 0 unspecified atom stereocenters. The van der Waals surface area contributed by atoms with Crippen LogP contribution in [0.15, 0.2) is 48.5 Å². The van der Waals surface area contributed by atoms with Gasteiger partial charge in [0.15, 0.2) is 5.11 Å².